The van der Waals surface area contributed by atoms with E-state index in [1.54, 1.807) is 11.0 Å². The van der Waals surface area contributed by atoms with Crippen LogP contribution in [-0.4, -0.2) is 80.6 Å². The predicted octanol–water partition coefficient (Wildman–Crippen LogP) is 3.93. The van der Waals surface area contributed by atoms with E-state index in [-0.39, 0.29) is 24.7 Å². The number of aromatic amines is 1. The van der Waals surface area contributed by atoms with Gasteiger partial charge < -0.3 is 29.6 Å². The first-order valence-corrected chi connectivity index (χ1v) is 13.3. The smallest absolute Gasteiger partial charge is 0.296 e. The van der Waals surface area contributed by atoms with Crippen LogP contribution >= 0.6 is 11.6 Å². The monoisotopic (exact) mass is 560 g/mol. The molecule has 2 aliphatic rings. The van der Waals surface area contributed by atoms with Gasteiger partial charge >= 0.3 is 0 Å². The number of imidazole rings is 1. The largest absolute Gasteiger partial charge is 0.459 e. The molecular formula is C30H29ClN4O5. The van der Waals surface area contributed by atoms with Crippen molar-refractivity contribution in [3.63, 3.8) is 0 Å². The van der Waals surface area contributed by atoms with Crippen molar-refractivity contribution in [2.24, 2.45) is 0 Å². The van der Waals surface area contributed by atoms with Crippen LogP contribution in [0.3, 0.4) is 0 Å². The number of nitrogens with zero attached hydrogens (tertiary/aromatic N) is 3. The molecule has 2 aromatic carbocycles. The molecule has 2 aromatic heterocycles. The molecule has 0 unspecified atom stereocenters. The number of halogens is 1. The molecule has 10 heteroatoms. The van der Waals surface area contributed by atoms with Gasteiger partial charge in [-0.2, -0.15) is 4.98 Å². The highest BCUT2D eigenvalue weighted by Gasteiger charge is 2.28. The van der Waals surface area contributed by atoms with Gasteiger partial charge in [-0.25, -0.2) is 4.98 Å². The van der Waals surface area contributed by atoms with E-state index in [0.717, 1.165) is 16.7 Å². The van der Waals surface area contributed by atoms with Crippen molar-refractivity contribution in [3.05, 3.63) is 65.2 Å². The number of pyridine rings is 1. The van der Waals surface area contributed by atoms with Crippen LogP contribution < -0.4 is 4.74 Å². The van der Waals surface area contributed by atoms with Gasteiger partial charge in [0.25, 0.3) is 11.9 Å². The van der Waals surface area contributed by atoms with Gasteiger partial charge in [0.15, 0.2) is 5.65 Å². The molecule has 9 nitrogen and oxygen atoms in total. The summed E-state index contributed by atoms with van der Waals surface area (Å²) in [6.45, 7) is 1.33. The van der Waals surface area contributed by atoms with Crippen molar-refractivity contribution in [2.75, 3.05) is 26.3 Å². The lowest BCUT2D eigenvalue weighted by atomic mass is 10.0. The van der Waals surface area contributed by atoms with Crippen molar-refractivity contribution in [1.29, 1.82) is 0 Å². The lowest BCUT2D eigenvalue weighted by Crippen LogP contribution is -2.29. The van der Waals surface area contributed by atoms with Crippen LogP contribution in [0.2, 0.25) is 5.02 Å². The minimum atomic E-state index is -0.434. The van der Waals surface area contributed by atoms with Crippen molar-refractivity contribution in [3.8, 4) is 41.2 Å². The van der Waals surface area contributed by atoms with Gasteiger partial charge in [-0.3, -0.25) is 4.79 Å². The third-order valence-electron chi connectivity index (χ3n) is 7.00. The maximum atomic E-state index is 12.6. The number of carbonyl (C=O) groups is 1. The van der Waals surface area contributed by atoms with Gasteiger partial charge in [-0.15, -0.1) is 12.8 Å². The van der Waals surface area contributed by atoms with Crippen molar-refractivity contribution in [2.45, 2.75) is 31.2 Å². The number of carbonyl (C=O) groups excluding carboxylic acids is 1. The van der Waals surface area contributed by atoms with Crippen LogP contribution in [0.1, 0.15) is 23.2 Å². The molecule has 40 heavy (non-hydrogen) atoms. The number of aliphatic hydroxyl groups excluding tert-OH is 2. The fraction of sp³-hybridized carbons (Fsp3) is 0.300. The summed E-state index contributed by atoms with van der Waals surface area (Å²) in [5.41, 5.74) is 5.21. The van der Waals surface area contributed by atoms with Crippen molar-refractivity contribution >= 4 is 28.7 Å². The fourth-order valence-electron chi connectivity index (χ4n) is 4.93. The maximum Gasteiger partial charge on any atom is 0.296 e. The molecule has 0 aliphatic carbocycles. The molecule has 0 saturated carbocycles. The van der Waals surface area contributed by atoms with Crippen molar-refractivity contribution < 1.29 is 24.5 Å². The Morgan fingerprint density at radius 2 is 1.77 bits per heavy atom. The van der Waals surface area contributed by atoms with Gasteiger partial charge in [0.05, 0.1) is 41.7 Å². The molecule has 2 aliphatic heterocycles. The standard InChI is InChI=1S/C28H27ClN4O5.C2H2/c29-23-12-24-26(32-28(30-24)38-22-11-21(14-34)37-15-22)31-25(23)18-5-1-16(2-6-18)17-3-7-19(8-4-17)27(36)33-10-9-20(35)13-33;1-2/h1-8,12,20-22,34-35H,9-11,13-15H2,(H,30,31,32);1-2H/t20-,21+,22+;/m1./s1. The zero-order valence-electron chi connectivity index (χ0n) is 21.7. The highest BCUT2D eigenvalue weighted by atomic mass is 35.5. The van der Waals surface area contributed by atoms with E-state index in [4.69, 9.17) is 21.1 Å². The number of hydrogen-bond acceptors (Lipinski definition) is 7. The molecule has 4 aromatic rings. The highest BCUT2D eigenvalue weighted by molar-refractivity contribution is 6.33. The lowest BCUT2D eigenvalue weighted by Gasteiger charge is -2.15. The first-order valence-electron chi connectivity index (χ1n) is 12.9. The van der Waals surface area contributed by atoms with Gasteiger partial charge in [-0.1, -0.05) is 48.0 Å². The van der Waals surface area contributed by atoms with Gasteiger partial charge in [0.2, 0.25) is 0 Å². The van der Waals surface area contributed by atoms with Crippen molar-refractivity contribution in [1.82, 2.24) is 19.9 Å². The molecule has 1 amide bonds. The number of aliphatic hydroxyl groups is 2. The SMILES string of the molecule is C#C.O=C(c1ccc(-c2ccc(-c3nc4nc(O[C@@H]5CO[C@H](CO)C5)[nH]c4cc3Cl)cc2)cc1)N1CC[C@@H](O)C1. The quantitative estimate of drug-likeness (QED) is 0.306. The molecule has 3 atom stereocenters. The van der Waals surface area contributed by atoms with Crippen LogP contribution in [-0.2, 0) is 4.74 Å². The fourth-order valence-corrected chi connectivity index (χ4v) is 5.19. The number of H-pyrrole nitrogens is 1. The summed E-state index contributed by atoms with van der Waals surface area (Å²) in [6.07, 6.45) is 8.39. The molecule has 0 radical (unpaired) electrons. The molecule has 2 fully saturated rings. The number of benzene rings is 2. The summed E-state index contributed by atoms with van der Waals surface area (Å²) in [5.74, 6) is -0.0580. The summed E-state index contributed by atoms with van der Waals surface area (Å²) in [6, 6.07) is 17.5. The van der Waals surface area contributed by atoms with Crippen LogP contribution in [0.25, 0.3) is 33.5 Å². The number of hydrogen-bond donors (Lipinski definition) is 3. The molecule has 0 bridgehead atoms. The zero-order valence-corrected chi connectivity index (χ0v) is 22.4. The normalized spacial score (nSPS) is 20.3. The van der Waals surface area contributed by atoms with E-state index in [9.17, 15) is 15.0 Å². The molecule has 3 N–H and O–H groups in total. The number of fused-ring (bicyclic) bond motifs is 1. The molecule has 6 rings (SSSR count). The molecule has 0 spiro atoms. The number of nitrogens with one attached hydrogen (secondary N) is 1. The second-order valence-electron chi connectivity index (χ2n) is 9.69. The second-order valence-corrected chi connectivity index (χ2v) is 10.1. The number of amides is 1. The number of likely N-dealkylation sites (tertiary alicyclic amines) is 1. The second kappa shape index (κ2) is 12.1. The van der Waals surface area contributed by atoms with Crippen LogP contribution in [0, 0.1) is 12.8 Å². The summed E-state index contributed by atoms with van der Waals surface area (Å²) in [4.78, 5) is 26.6. The highest BCUT2D eigenvalue weighted by Crippen LogP contribution is 2.32. The molecule has 206 valence electrons. The number of ether oxygens (including phenoxy) is 2. The Hall–Kier alpha value is -3.94. The average Bonchev–Trinajstić information content (AvgIpc) is 3.73. The Bertz CT molecular complexity index is 1500. The Morgan fingerprint density at radius 1 is 1.10 bits per heavy atom. The van der Waals surface area contributed by atoms with E-state index >= 15 is 0 Å². The Kier molecular flexibility index (Phi) is 8.33. The summed E-state index contributed by atoms with van der Waals surface area (Å²) in [7, 11) is 0. The Labute approximate surface area is 236 Å². The summed E-state index contributed by atoms with van der Waals surface area (Å²) in [5, 5.41) is 19.4. The zero-order chi connectivity index (χ0) is 28.2. The molecular weight excluding hydrogens is 532 g/mol. The molecule has 2 saturated heterocycles. The topological polar surface area (TPSA) is 121 Å². The number of aromatic nitrogens is 3. The number of β-amino-alcohol motifs (C(OH)–C–C–N with tert-alkyl or cyclic N) is 1. The van der Waals surface area contributed by atoms with Gasteiger partial charge in [0, 0.05) is 30.6 Å². The Morgan fingerprint density at radius 3 is 2.40 bits per heavy atom. The van der Waals surface area contributed by atoms with E-state index in [0.29, 0.717) is 66.0 Å². The summed E-state index contributed by atoms with van der Waals surface area (Å²) >= 11 is 6.57. The van der Waals surface area contributed by atoms with Gasteiger partial charge in [0.1, 0.15) is 6.10 Å². The lowest BCUT2D eigenvalue weighted by molar-refractivity contribution is 0.0528. The number of terminal acetylenes is 1. The Balaban J connectivity index is 0.00000158. The first-order chi connectivity index (χ1) is 19.5. The predicted molar refractivity (Wildman–Crippen MR) is 152 cm³/mol. The van der Waals surface area contributed by atoms with Crippen LogP contribution in [0.5, 0.6) is 6.01 Å². The first kappa shape index (κ1) is 27.6. The minimum absolute atomic E-state index is 0.0329. The van der Waals surface area contributed by atoms with E-state index in [1.807, 2.05) is 48.5 Å². The molecule has 4 heterocycles. The minimum Gasteiger partial charge on any atom is -0.459 e. The summed E-state index contributed by atoms with van der Waals surface area (Å²) < 4.78 is 11.3. The average molecular weight is 561 g/mol. The van der Waals surface area contributed by atoms with Gasteiger partial charge in [-0.05, 0) is 35.7 Å². The maximum absolute atomic E-state index is 12.6. The van der Waals surface area contributed by atoms with Crippen LogP contribution in [0.15, 0.2) is 54.6 Å². The van der Waals surface area contributed by atoms with Crippen LogP contribution in [0.4, 0.5) is 0 Å². The third-order valence-corrected chi connectivity index (χ3v) is 7.29. The van der Waals surface area contributed by atoms with E-state index < -0.39 is 6.10 Å². The number of rotatable bonds is 6. The van der Waals surface area contributed by atoms with E-state index in [1.165, 1.54) is 0 Å². The third kappa shape index (κ3) is 5.81. The van der Waals surface area contributed by atoms with E-state index in [2.05, 4.69) is 27.8 Å².